The van der Waals surface area contributed by atoms with Crippen molar-refractivity contribution in [3.8, 4) is 5.75 Å². The van der Waals surface area contributed by atoms with E-state index >= 15 is 0 Å². The summed E-state index contributed by atoms with van der Waals surface area (Å²) in [6.07, 6.45) is -5.25. The Labute approximate surface area is 103 Å². The SMILES string of the molecule is O=Cc1ccc(OCC(F)(F)C(F)(F)F)c(Cl)c1. The van der Waals surface area contributed by atoms with Gasteiger partial charge in [-0.15, -0.1) is 0 Å². The number of alkyl halides is 5. The van der Waals surface area contributed by atoms with Crippen molar-refractivity contribution >= 4 is 17.9 Å². The smallest absolute Gasteiger partial charge is 0.456 e. The number of ether oxygens (including phenoxy) is 1. The van der Waals surface area contributed by atoms with Crippen LogP contribution in [0.5, 0.6) is 5.75 Å². The molecule has 0 radical (unpaired) electrons. The molecule has 0 N–H and O–H groups in total. The number of halogens is 6. The van der Waals surface area contributed by atoms with Crippen LogP contribution in [0.15, 0.2) is 18.2 Å². The zero-order chi connectivity index (χ0) is 14.0. The Morgan fingerprint density at radius 3 is 2.28 bits per heavy atom. The van der Waals surface area contributed by atoms with Gasteiger partial charge in [-0.05, 0) is 18.2 Å². The van der Waals surface area contributed by atoms with E-state index in [1.54, 1.807) is 0 Å². The van der Waals surface area contributed by atoms with Crippen molar-refractivity contribution < 1.29 is 31.5 Å². The third-order valence-electron chi connectivity index (χ3n) is 1.92. The lowest BCUT2D eigenvalue weighted by molar-refractivity contribution is -0.290. The van der Waals surface area contributed by atoms with Gasteiger partial charge in [0.25, 0.3) is 0 Å². The van der Waals surface area contributed by atoms with Crippen molar-refractivity contribution in [2.45, 2.75) is 12.1 Å². The van der Waals surface area contributed by atoms with Crippen molar-refractivity contribution in [3.63, 3.8) is 0 Å². The third kappa shape index (κ3) is 3.32. The molecule has 1 rings (SSSR count). The van der Waals surface area contributed by atoms with Crippen molar-refractivity contribution in [2.24, 2.45) is 0 Å². The predicted octanol–water partition coefficient (Wildman–Crippen LogP) is 3.73. The number of benzene rings is 1. The van der Waals surface area contributed by atoms with E-state index in [4.69, 9.17) is 11.6 Å². The minimum Gasteiger partial charge on any atom is -0.485 e. The van der Waals surface area contributed by atoms with E-state index < -0.39 is 18.7 Å². The molecule has 0 saturated carbocycles. The molecular formula is C10H6ClF5O2. The molecule has 0 aliphatic carbocycles. The van der Waals surface area contributed by atoms with Gasteiger partial charge in [0.2, 0.25) is 0 Å². The summed E-state index contributed by atoms with van der Waals surface area (Å²) in [5.74, 6) is -5.33. The summed E-state index contributed by atoms with van der Waals surface area (Å²) in [4.78, 5) is 10.4. The first-order chi connectivity index (χ1) is 8.17. The minimum absolute atomic E-state index is 0.148. The molecule has 0 bridgehead atoms. The summed E-state index contributed by atoms with van der Waals surface area (Å²) in [5.41, 5.74) is 0.148. The molecule has 2 nitrogen and oxygen atoms in total. The Bertz CT molecular complexity index is 444. The summed E-state index contributed by atoms with van der Waals surface area (Å²) in [6, 6.07) is 3.31. The molecule has 0 atom stereocenters. The Kier molecular flexibility index (Phi) is 4.16. The average molecular weight is 289 g/mol. The molecule has 1 aromatic carbocycles. The monoisotopic (exact) mass is 288 g/mol. The first-order valence-electron chi connectivity index (χ1n) is 4.49. The Morgan fingerprint density at radius 2 is 1.83 bits per heavy atom. The van der Waals surface area contributed by atoms with E-state index in [1.807, 2.05) is 0 Å². The van der Waals surface area contributed by atoms with Gasteiger partial charge >= 0.3 is 12.1 Å². The maximum absolute atomic E-state index is 12.5. The number of carbonyl (C=O) groups excluding carboxylic acids is 1. The second kappa shape index (κ2) is 5.09. The van der Waals surface area contributed by atoms with E-state index in [0.717, 1.165) is 12.1 Å². The fourth-order valence-electron chi connectivity index (χ4n) is 0.958. The molecule has 0 heterocycles. The topological polar surface area (TPSA) is 26.3 Å². The largest absolute Gasteiger partial charge is 0.485 e. The van der Waals surface area contributed by atoms with E-state index in [2.05, 4.69) is 4.74 Å². The molecule has 0 fully saturated rings. The molecule has 0 aromatic heterocycles. The normalized spacial score (nSPS) is 12.3. The van der Waals surface area contributed by atoms with Gasteiger partial charge < -0.3 is 4.74 Å². The fourth-order valence-corrected chi connectivity index (χ4v) is 1.20. The molecule has 0 aliphatic heterocycles. The highest BCUT2D eigenvalue weighted by molar-refractivity contribution is 6.32. The summed E-state index contributed by atoms with van der Waals surface area (Å²) in [7, 11) is 0. The molecular weight excluding hydrogens is 283 g/mol. The number of hydrogen-bond acceptors (Lipinski definition) is 2. The maximum Gasteiger partial charge on any atom is 0.456 e. The lowest BCUT2D eigenvalue weighted by Crippen LogP contribution is -2.41. The minimum atomic E-state index is -5.69. The van der Waals surface area contributed by atoms with Crippen LogP contribution >= 0.6 is 11.6 Å². The van der Waals surface area contributed by atoms with Crippen LogP contribution in [0.3, 0.4) is 0 Å². The quantitative estimate of drug-likeness (QED) is 0.623. The Balaban J connectivity index is 2.78. The van der Waals surface area contributed by atoms with Gasteiger partial charge in [0.15, 0.2) is 6.61 Å². The fraction of sp³-hybridized carbons (Fsp3) is 0.300. The molecule has 0 saturated heterocycles. The highest BCUT2D eigenvalue weighted by atomic mass is 35.5. The average Bonchev–Trinajstić information content (AvgIpc) is 2.25. The first-order valence-corrected chi connectivity index (χ1v) is 4.87. The van der Waals surface area contributed by atoms with Gasteiger partial charge in [-0.2, -0.15) is 22.0 Å². The predicted molar refractivity (Wildman–Crippen MR) is 53.3 cm³/mol. The van der Waals surface area contributed by atoms with Gasteiger partial charge in [0.1, 0.15) is 12.0 Å². The maximum atomic E-state index is 12.5. The third-order valence-corrected chi connectivity index (χ3v) is 2.21. The van der Waals surface area contributed by atoms with Crippen molar-refractivity contribution in [1.29, 1.82) is 0 Å². The number of aldehydes is 1. The van der Waals surface area contributed by atoms with Crippen LogP contribution in [-0.2, 0) is 0 Å². The molecule has 18 heavy (non-hydrogen) atoms. The molecule has 0 spiro atoms. The van der Waals surface area contributed by atoms with E-state index in [0.29, 0.717) is 6.29 Å². The molecule has 0 amide bonds. The van der Waals surface area contributed by atoms with Gasteiger partial charge in [-0.1, -0.05) is 11.6 Å². The van der Waals surface area contributed by atoms with Crippen molar-refractivity contribution in [1.82, 2.24) is 0 Å². The van der Waals surface area contributed by atoms with Gasteiger partial charge in [-0.3, -0.25) is 4.79 Å². The Hall–Kier alpha value is -1.37. The van der Waals surface area contributed by atoms with Gasteiger partial charge in [-0.25, -0.2) is 0 Å². The summed E-state index contributed by atoms with van der Waals surface area (Å²) >= 11 is 5.54. The molecule has 0 unspecified atom stereocenters. The second-order valence-corrected chi connectivity index (χ2v) is 3.71. The summed E-state index contributed by atoms with van der Waals surface area (Å²) < 4.78 is 64.9. The van der Waals surface area contributed by atoms with Crippen LogP contribution in [0, 0.1) is 0 Å². The Morgan fingerprint density at radius 1 is 1.22 bits per heavy atom. The van der Waals surface area contributed by atoms with Crippen LogP contribution in [0.1, 0.15) is 10.4 Å². The standard InChI is InChI=1S/C10H6ClF5O2/c11-7-3-6(4-17)1-2-8(7)18-5-9(12,13)10(14,15)16/h1-4H,5H2. The molecule has 100 valence electrons. The van der Waals surface area contributed by atoms with Crippen LogP contribution in [0.25, 0.3) is 0 Å². The molecule has 0 aliphatic rings. The molecule has 8 heteroatoms. The van der Waals surface area contributed by atoms with Crippen LogP contribution in [0.4, 0.5) is 22.0 Å². The van der Waals surface area contributed by atoms with Crippen molar-refractivity contribution in [2.75, 3.05) is 6.61 Å². The zero-order valence-electron chi connectivity index (χ0n) is 8.60. The number of carbonyl (C=O) groups is 1. The number of rotatable bonds is 4. The van der Waals surface area contributed by atoms with E-state index in [1.165, 1.54) is 6.07 Å². The highest BCUT2D eigenvalue weighted by Gasteiger charge is 2.58. The van der Waals surface area contributed by atoms with Crippen LogP contribution in [-0.4, -0.2) is 25.0 Å². The van der Waals surface area contributed by atoms with Crippen molar-refractivity contribution in [3.05, 3.63) is 28.8 Å². The van der Waals surface area contributed by atoms with Gasteiger partial charge in [0, 0.05) is 5.56 Å². The molecule has 1 aromatic rings. The van der Waals surface area contributed by atoms with E-state index in [-0.39, 0.29) is 16.3 Å². The highest BCUT2D eigenvalue weighted by Crippen LogP contribution is 2.36. The van der Waals surface area contributed by atoms with Gasteiger partial charge in [0.05, 0.1) is 5.02 Å². The van der Waals surface area contributed by atoms with Crippen LogP contribution in [0.2, 0.25) is 5.02 Å². The first kappa shape index (κ1) is 14.7. The van der Waals surface area contributed by atoms with Crippen LogP contribution < -0.4 is 4.74 Å². The lowest BCUT2D eigenvalue weighted by Gasteiger charge is -2.20. The summed E-state index contributed by atoms with van der Waals surface area (Å²) in [5, 5.41) is -0.224. The lowest BCUT2D eigenvalue weighted by atomic mass is 10.2. The zero-order valence-corrected chi connectivity index (χ0v) is 9.36. The second-order valence-electron chi connectivity index (χ2n) is 3.30. The van der Waals surface area contributed by atoms with E-state index in [9.17, 15) is 26.7 Å². The number of hydrogen-bond donors (Lipinski definition) is 0. The summed E-state index contributed by atoms with van der Waals surface area (Å²) in [6.45, 7) is -1.88.